The molecule has 1 aliphatic carbocycles. The number of aromatic nitrogens is 2. The number of benzene rings is 3. The van der Waals surface area contributed by atoms with Crippen molar-refractivity contribution in [3.63, 3.8) is 0 Å². The van der Waals surface area contributed by atoms with Crippen LogP contribution in [0.15, 0.2) is 96.3 Å². The summed E-state index contributed by atoms with van der Waals surface area (Å²) in [7, 11) is 0. The molecule has 1 amide bonds. The highest BCUT2D eigenvalue weighted by Gasteiger charge is 2.59. The molecule has 0 radical (unpaired) electrons. The predicted molar refractivity (Wildman–Crippen MR) is 147 cm³/mol. The van der Waals surface area contributed by atoms with Gasteiger partial charge in [-0.2, -0.15) is 5.10 Å². The zero-order chi connectivity index (χ0) is 26.7. The Morgan fingerprint density at radius 1 is 0.895 bits per heavy atom. The second kappa shape index (κ2) is 8.45. The Morgan fingerprint density at radius 2 is 1.53 bits per heavy atom. The maximum absolute atomic E-state index is 14.3. The number of fused-ring (bicyclic) bond motifs is 1. The van der Waals surface area contributed by atoms with E-state index in [1.807, 2.05) is 92.7 Å². The van der Waals surface area contributed by atoms with Gasteiger partial charge in [0, 0.05) is 35.2 Å². The first-order valence-corrected chi connectivity index (χ1v) is 12.6. The van der Waals surface area contributed by atoms with E-state index in [-0.39, 0.29) is 35.8 Å². The SMILES string of the molecule is CC1(C)CC(=O)C(C2(c3c(-c4ccccc4)nn(-c4ccccc4)c3N)C(=O)Nc3ccccc32)=C(O)C1. The molecule has 4 N–H and O–H groups in total. The minimum absolute atomic E-state index is 0.0655. The Hall–Kier alpha value is -4.65. The van der Waals surface area contributed by atoms with Crippen LogP contribution < -0.4 is 11.1 Å². The molecule has 1 aliphatic heterocycles. The minimum atomic E-state index is -1.68. The number of amides is 1. The number of Topliss-reactive ketones (excluding diaryl/α,β-unsaturated/α-hetero) is 1. The van der Waals surface area contributed by atoms with E-state index in [1.54, 1.807) is 10.7 Å². The van der Waals surface area contributed by atoms with E-state index in [0.29, 0.717) is 28.2 Å². The van der Waals surface area contributed by atoms with E-state index >= 15 is 0 Å². The lowest BCUT2D eigenvalue weighted by Gasteiger charge is -2.37. The summed E-state index contributed by atoms with van der Waals surface area (Å²) in [6, 6.07) is 26.1. The number of carbonyl (C=O) groups excluding carboxylic acids is 2. The normalized spacial score (nSPS) is 20.4. The van der Waals surface area contributed by atoms with Crippen molar-refractivity contribution in [2.24, 2.45) is 5.41 Å². The lowest BCUT2D eigenvalue weighted by molar-refractivity contribution is -0.124. The van der Waals surface area contributed by atoms with Crippen molar-refractivity contribution in [3.05, 3.63) is 107 Å². The minimum Gasteiger partial charge on any atom is -0.512 e. The number of anilines is 2. The van der Waals surface area contributed by atoms with Crippen LogP contribution >= 0.6 is 0 Å². The first-order chi connectivity index (χ1) is 18.2. The van der Waals surface area contributed by atoms with Gasteiger partial charge in [0.25, 0.3) is 0 Å². The van der Waals surface area contributed by atoms with E-state index in [1.165, 1.54) is 0 Å². The molecule has 1 unspecified atom stereocenters. The van der Waals surface area contributed by atoms with Crippen molar-refractivity contribution in [1.82, 2.24) is 9.78 Å². The van der Waals surface area contributed by atoms with Crippen LogP contribution in [0.2, 0.25) is 0 Å². The van der Waals surface area contributed by atoms with Crippen LogP contribution in [-0.4, -0.2) is 26.6 Å². The number of carbonyl (C=O) groups is 2. The lowest BCUT2D eigenvalue weighted by atomic mass is 9.62. The van der Waals surface area contributed by atoms with Crippen molar-refractivity contribution < 1.29 is 14.7 Å². The molecular weight excluding hydrogens is 476 g/mol. The third-order valence-corrected chi connectivity index (χ3v) is 7.49. The smallest absolute Gasteiger partial charge is 0.244 e. The van der Waals surface area contributed by atoms with Gasteiger partial charge < -0.3 is 16.2 Å². The average Bonchev–Trinajstić information content (AvgIpc) is 3.38. The third-order valence-electron chi connectivity index (χ3n) is 7.49. The van der Waals surface area contributed by atoms with E-state index in [0.717, 1.165) is 5.56 Å². The molecule has 4 aromatic rings. The van der Waals surface area contributed by atoms with Crippen LogP contribution in [0.25, 0.3) is 16.9 Å². The maximum Gasteiger partial charge on any atom is 0.244 e. The monoisotopic (exact) mass is 504 g/mol. The number of allylic oxidation sites excluding steroid dienone is 1. The summed E-state index contributed by atoms with van der Waals surface area (Å²) in [5.74, 6) is -0.593. The van der Waals surface area contributed by atoms with Gasteiger partial charge in [-0.3, -0.25) is 9.59 Å². The van der Waals surface area contributed by atoms with Gasteiger partial charge in [0.05, 0.1) is 17.0 Å². The molecule has 2 aliphatic rings. The summed E-state index contributed by atoms with van der Waals surface area (Å²) in [6.45, 7) is 3.87. The summed E-state index contributed by atoms with van der Waals surface area (Å²) in [4.78, 5) is 28.2. The molecule has 38 heavy (non-hydrogen) atoms. The second-order valence-electron chi connectivity index (χ2n) is 10.7. The van der Waals surface area contributed by atoms with Crippen LogP contribution in [0.4, 0.5) is 11.5 Å². The standard InChI is InChI=1S/C31H28N4O3/c1-30(2)17-23(36)25(24(37)18-30)31(21-15-9-10-16-22(21)33-29(31)38)26-27(19-11-5-3-6-12-19)34-35(28(26)32)20-13-7-4-8-14-20/h3-16,36H,17-18,32H2,1-2H3,(H,33,38). The highest BCUT2D eigenvalue weighted by Crippen LogP contribution is 2.55. The number of nitrogen functional groups attached to an aromatic ring is 1. The van der Waals surface area contributed by atoms with Crippen molar-refractivity contribution in [2.45, 2.75) is 32.1 Å². The van der Waals surface area contributed by atoms with Gasteiger partial charge in [0.15, 0.2) is 5.78 Å². The Balaban J connectivity index is 1.77. The van der Waals surface area contributed by atoms with E-state index < -0.39 is 16.7 Å². The fraction of sp³-hybridized carbons (Fsp3) is 0.194. The lowest BCUT2D eigenvalue weighted by Crippen LogP contribution is -2.44. The molecule has 0 saturated carbocycles. The molecule has 7 heteroatoms. The highest BCUT2D eigenvalue weighted by atomic mass is 16.3. The number of para-hydroxylation sites is 2. The maximum atomic E-state index is 14.3. The van der Waals surface area contributed by atoms with Gasteiger partial charge in [-0.1, -0.05) is 80.6 Å². The van der Waals surface area contributed by atoms with E-state index in [4.69, 9.17) is 10.8 Å². The Bertz CT molecular complexity index is 1620. The quantitative estimate of drug-likeness (QED) is 0.337. The molecule has 0 fully saturated rings. The molecule has 3 aromatic carbocycles. The number of hydrogen-bond donors (Lipinski definition) is 3. The van der Waals surface area contributed by atoms with Crippen molar-refractivity contribution in [1.29, 1.82) is 0 Å². The van der Waals surface area contributed by atoms with Gasteiger partial charge in [-0.15, -0.1) is 0 Å². The van der Waals surface area contributed by atoms with Crippen molar-refractivity contribution in [3.8, 4) is 16.9 Å². The molecular formula is C31H28N4O3. The fourth-order valence-electron chi connectivity index (χ4n) is 5.96. The van der Waals surface area contributed by atoms with Gasteiger partial charge in [-0.25, -0.2) is 4.68 Å². The van der Waals surface area contributed by atoms with Crippen LogP contribution in [0.5, 0.6) is 0 Å². The Labute approximate surface area is 220 Å². The summed E-state index contributed by atoms with van der Waals surface area (Å²) in [5.41, 5.74) is 8.29. The van der Waals surface area contributed by atoms with E-state index in [9.17, 15) is 14.7 Å². The first-order valence-electron chi connectivity index (χ1n) is 12.6. The van der Waals surface area contributed by atoms with Crippen LogP contribution in [0.3, 0.4) is 0 Å². The van der Waals surface area contributed by atoms with E-state index in [2.05, 4.69) is 5.32 Å². The number of rotatable bonds is 4. The number of nitrogens with two attached hydrogens (primary N) is 1. The number of aliphatic hydroxyl groups excluding tert-OH is 1. The highest BCUT2D eigenvalue weighted by molar-refractivity contribution is 6.19. The zero-order valence-corrected chi connectivity index (χ0v) is 21.2. The number of ketones is 1. The number of hydrogen-bond acceptors (Lipinski definition) is 5. The fourth-order valence-corrected chi connectivity index (χ4v) is 5.96. The molecule has 1 aromatic heterocycles. The molecule has 1 atom stereocenters. The Morgan fingerprint density at radius 3 is 2.21 bits per heavy atom. The first kappa shape index (κ1) is 23.7. The molecule has 6 rings (SSSR count). The van der Waals surface area contributed by atoms with Crippen LogP contribution in [-0.2, 0) is 15.0 Å². The second-order valence-corrected chi connectivity index (χ2v) is 10.7. The molecule has 2 heterocycles. The molecule has 0 spiro atoms. The van der Waals surface area contributed by atoms with Gasteiger partial charge in [0.2, 0.25) is 5.91 Å². The predicted octanol–water partition coefficient (Wildman–Crippen LogP) is 5.56. The third kappa shape index (κ3) is 3.39. The summed E-state index contributed by atoms with van der Waals surface area (Å²) in [6.07, 6.45) is 0.454. The average molecular weight is 505 g/mol. The van der Waals surface area contributed by atoms with Crippen LogP contribution in [0, 0.1) is 5.41 Å². The van der Waals surface area contributed by atoms with Gasteiger partial charge in [0.1, 0.15) is 17.0 Å². The molecule has 190 valence electrons. The largest absolute Gasteiger partial charge is 0.512 e. The topological polar surface area (TPSA) is 110 Å². The number of nitrogens with one attached hydrogen (secondary N) is 1. The van der Waals surface area contributed by atoms with Crippen LogP contribution in [0.1, 0.15) is 37.8 Å². The molecule has 0 bridgehead atoms. The summed E-state index contributed by atoms with van der Waals surface area (Å²) < 4.78 is 1.60. The number of nitrogens with zero attached hydrogens (tertiary/aromatic N) is 2. The van der Waals surface area contributed by atoms with Crippen molar-refractivity contribution >= 4 is 23.2 Å². The zero-order valence-electron chi connectivity index (χ0n) is 21.2. The Kier molecular flexibility index (Phi) is 5.28. The summed E-state index contributed by atoms with van der Waals surface area (Å²) >= 11 is 0. The van der Waals surface area contributed by atoms with Gasteiger partial charge >= 0.3 is 0 Å². The van der Waals surface area contributed by atoms with Gasteiger partial charge in [-0.05, 0) is 23.6 Å². The summed E-state index contributed by atoms with van der Waals surface area (Å²) in [5, 5.41) is 19.4. The number of aliphatic hydroxyl groups is 1. The molecule has 0 saturated heterocycles. The van der Waals surface area contributed by atoms with Crippen molar-refractivity contribution in [2.75, 3.05) is 11.1 Å². The molecule has 7 nitrogen and oxygen atoms in total.